The van der Waals surface area contributed by atoms with E-state index in [1.165, 1.54) is 0 Å². The standard InChI is InChI=1S/C14H17F3N2O2/c1-8-6-19(5-4-11(8)20)7-12(21)18-10-3-2-9(15)13(16)14(10)17/h2-3,8,11,20H,4-7H2,1H3,(H,18,21). The largest absolute Gasteiger partial charge is 0.393 e. The van der Waals surface area contributed by atoms with Gasteiger partial charge in [-0.2, -0.15) is 0 Å². The van der Waals surface area contributed by atoms with Gasteiger partial charge in [-0.3, -0.25) is 9.69 Å². The first-order chi connectivity index (χ1) is 9.88. The van der Waals surface area contributed by atoms with Crippen LogP contribution in [0.15, 0.2) is 12.1 Å². The summed E-state index contributed by atoms with van der Waals surface area (Å²) in [6.07, 6.45) is 0.182. The summed E-state index contributed by atoms with van der Waals surface area (Å²) < 4.78 is 39.3. The topological polar surface area (TPSA) is 52.6 Å². The molecule has 7 heteroatoms. The van der Waals surface area contributed by atoms with Crippen molar-refractivity contribution < 1.29 is 23.1 Å². The molecule has 4 nitrogen and oxygen atoms in total. The highest BCUT2D eigenvalue weighted by molar-refractivity contribution is 5.92. The van der Waals surface area contributed by atoms with E-state index in [1.54, 1.807) is 0 Å². The van der Waals surface area contributed by atoms with Crippen molar-refractivity contribution in [2.45, 2.75) is 19.4 Å². The third-order valence-corrected chi connectivity index (χ3v) is 3.62. The van der Waals surface area contributed by atoms with Gasteiger partial charge in [-0.25, -0.2) is 13.2 Å². The number of amides is 1. The first-order valence-corrected chi connectivity index (χ1v) is 6.72. The molecule has 2 unspecified atom stereocenters. The second-order valence-corrected chi connectivity index (χ2v) is 5.34. The van der Waals surface area contributed by atoms with Crippen LogP contribution in [-0.4, -0.2) is 41.7 Å². The highest BCUT2D eigenvalue weighted by atomic mass is 19.2. The molecule has 0 radical (unpaired) electrons. The number of hydrogen-bond donors (Lipinski definition) is 2. The summed E-state index contributed by atoms with van der Waals surface area (Å²) in [5, 5.41) is 11.8. The number of nitrogens with zero attached hydrogens (tertiary/aromatic N) is 1. The summed E-state index contributed by atoms with van der Waals surface area (Å²) in [7, 11) is 0. The van der Waals surface area contributed by atoms with Gasteiger partial charge >= 0.3 is 0 Å². The Morgan fingerprint density at radius 2 is 2.10 bits per heavy atom. The van der Waals surface area contributed by atoms with Gasteiger partial charge in [0, 0.05) is 13.1 Å². The van der Waals surface area contributed by atoms with E-state index in [4.69, 9.17) is 0 Å². The summed E-state index contributed by atoms with van der Waals surface area (Å²) in [6.45, 7) is 2.99. The predicted octanol–water partition coefficient (Wildman–Crippen LogP) is 1.75. The zero-order valence-electron chi connectivity index (χ0n) is 11.6. The van der Waals surface area contributed by atoms with Crippen molar-refractivity contribution in [1.82, 2.24) is 4.90 Å². The molecule has 0 saturated carbocycles. The summed E-state index contributed by atoms with van der Waals surface area (Å²) in [5.41, 5.74) is -0.385. The lowest BCUT2D eigenvalue weighted by molar-refractivity contribution is -0.118. The van der Waals surface area contributed by atoms with Crippen LogP contribution in [0.25, 0.3) is 0 Å². The van der Waals surface area contributed by atoms with Crippen molar-refractivity contribution in [2.24, 2.45) is 5.92 Å². The number of hydrogen-bond acceptors (Lipinski definition) is 3. The molecule has 2 atom stereocenters. The van der Waals surface area contributed by atoms with Crippen LogP contribution in [0.1, 0.15) is 13.3 Å². The maximum atomic E-state index is 13.4. The number of benzene rings is 1. The highest BCUT2D eigenvalue weighted by Gasteiger charge is 2.25. The lowest BCUT2D eigenvalue weighted by Gasteiger charge is -2.33. The van der Waals surface area contributed by atoms with Crippen LogP contribution in [0, 0.1) is 23.4 Å². The number of likely N-dealkylation sites (tertiary alicyclic amines) is 1. The molecular formula is C14H17F3N2O2. The van der Waals surface area contributed by atoms with Gasteiger partial charge in [0.15, 0.2) is 17.5 Å². The van der Waals surface area contributed by atoms with Crippen molar-refractivity contribution in [3.8, 4) is 0 Å². The van der Waals surface area contributed by atoms with Crippen LogP contribution in [0.3, 0.4) is 0 Å². The number of carbonyl (C=O) groups excluding carboxylic acids is 1. The Balaban J connectivity index is 1.95. The third-order valence-electron chi connectivity index (χ3n) is 3.62. The quantitative estimate of drug-likeness (QED) is 0.836. The maximum Gasteiger partial charge on any atom is 0.238 e. The zero-order valence-corrected chi connectivity index (χ0v) is 11.6. The Morgan fingerprint density at radius 1 is 1.38 bits per heavy atom. The fourth-order valence-corrected chi connectivity index (χ4v) is 2.38. The van der Waals surface area contributed by atoms with E-state index in [0.717, 1.165) is 12.1 Å². The second kappa shape index (κ2) is 6.44. The fourth-order valence-electron chi connectivity index (χ4n) is 2.38. The van der Waals surface area contributed by atoms with Crippen LogP contribution in [-0.2, 0) is 4.79 Å². The van der Waals surface area contributed by atoms with Crippen molar-refractivity contribution in [2.75, 3.05) is 25.0 Å². The molecule has 2 rings (SSSR count). The van der Waals surface area contributed by atoms with E-state index in [2.05, 4.69) is 5.32 Å². The molecule has 0 bridgehead atoms. The van der Waals surface area contributed by atoms with Crippen LogP contribution < -0.4 is 5.32 Å². The molecule has 1 saturated heterocycles. The minimum atomic E-state index is -1.61. The van der Waals surface area contributed by atoms with Crippen LogP contribution >= 0.6 is 0 Å². The van der Waals surface area contributed by atoms with Crippen LogP contribution in [0.2, 0.25) is 0 Å². The fraction of sp³-hybridized carbons (Fsp3) is 0.500. The molecule has 0 aromatic heterocycles. The molecule has 1 aromatic carbocycles. The van der Waals surface area contributed by atoms with Crippen molar-refractivity contribution in [3.05, 3.63) is 29.6 Å². The number of carbonyl (C=O) groups is 1. The van der Waals surface area contributed by atoms with Gasteiger partial charge < -0.3 is 10.4 Å². The van der Waals surface area contributed by atoms with E-state index in [1.807, 2.05) is 11.8 Å². The lowest BCUT2D eigenvalue weighted by Crippen LogP contribution is -2.45. The molecule has 1 fully saturated rings. The Hall–Kier alpha value is -1.60. The normalized spacial score (nSPS) is 23.1. The second-order valence-electron chi connectivity index (χ2n) is 5.34. The van der Waals surface area contributed by atoms with Gasteiger partial charge in [-0.1, -0.05) is 6.92 Å². The van der Waals surface area contributed by atoms with E-state index < -0.39 is 23.4 Å². The van der Waals surface area contributed by atoms with Crippen molar-refractivity contribution in [3.63, 3.8) is 0 Å². The Labute approximate surface area is 120 Å². The molecular weight excluding hydrogens is 285 g/mol. The molecule has 0 aliphatic carbocycles. The minimum absolute atomic E-state index is 0.00942. The Kier molecular flexibility index (Phi) is 4.84. The molecule has 116 valence electrons. The average Bonchev–Trinajstić information content (AvgIpc) is 2.44. The Bertz CT molecular complexity index is 539. The molecule has 2 N–H and O–H groups in total. The van der Waals surface area contributed by atoms with E-state index in [-0.39, 0.29) is 24.3 Å². The lowest BCUT2D eigenvalue weighted by atomic mass is 9.97. The highest BCUT2D eigenvalue weighted by Crippen LogP contribution is 2.20. The number of aliphatic hydroxyl groups excluding tert-OH is 1. The number of anilines is 1. The van der Waals surface area contributed by atoms with Crippen LogP contribution in [0.5, 0.6) is 0 Å². The minimum Gasteiger partial charge on any atom is -0.393 e. The van der Waals surface area contributed by atoms with Gasteiger partial charge in [0.1, 0.15) is 0 Å². The predicted molar refractivity (Wildman–Crippen MR) is 71.2 cm³/mol. The summed E-state index contributed by atoms with van der Waals surface area (Å²) in [4.78, 5) is 13.6. The van der Waals surface area contributed by atoms with E-state index in [9.17, 15) is 23.1 Å². The van der Waals surface area contributed by atoms with Gasteiger partial charge in [-0.15, -0.1) is 0 Å². The number of aliphatic hydroxyl groups is 1. The number of rotatable bonds is 3. The molecule has 1 heterocycles. The molecule has 1 aliphatic heterocycles. The first-order valence-electron chi connectivity index (χ1n) is 6.72. The summed E-state index contributed by atoms with van der Waals surface area (Å²) in [5.74, 6) is -4.78. The first kappa shape index (κ1) is 15.8. The number of nitrogens with one attached hydrogen (secondary N) is 1. The van der Waals surface area contributed by atoms with Gasteiger partial charge in [-0.05, 0) is 24.5 Å². The van der Waals surface area contributed by atoms with Gasteiger partial charge in [0.05, 0.1) is 18.3 Å². The molecule has 0 spiro atoms. The summed E-state index contributed by atoms with van der Waals surface area (Å²) >= 11 is 0. The van der Waals surface area contributed by atoms with Gasteiger partial charge in [0.2, 0.25) is 5.91 Å². The van der Waals surface area contributed by atoms with Crippen molar-refractivity contribution >= 4 is 11.6 Å². The SMILES string of the molecule is CC1CN(CC(=O)Nc2ccc(F)c(F)c2F)CCC1O. The molecule has 21 heavy (non-hydrogen) atoms. The molecule has 1 aromatic rings. The van der Waals surface area contributed by atoms with E-state index >= 15 is 0 Å². The van der Waals surface area contributed by atoms with Gasteiger partial charge in [0.25, 0.3) is 0 Å². The van der Waals surface area contributed by atoms with Crippen molar-refractivity contribution in [1.29, 1.82) is 0 Å². The van der Waals surface area contributed by atoms with Crippen LogP contribution in [0.4, 0.5) is 18.9 Å². The smallest absolute Gasteiger partial charge is 0.238 e. The summed E-state index contributed by atoms with van der Waals surface area (Å²) in [6, 6.07) is 1.74. The number of piperidine rings is 1. The van der Waals surface area contributed by atoms with E-state index in [0.29, 0.717) is 19.5 Å². The Morgan fingerprint density at radius 3 is 2.76 bits per heavy atom. The third kappa shape index (κ3) is 3.74. The molecule has 1 amide bonds. The average molecular weight is 302 g/mol. The monoisotopic (exact) mass is 302 g/mol. The number of halogens is 3. The maximum absolute atomic E-state index is 13.4. The molecule has 1 aliphatic rings. The zero-order chi connectivity index (χ0) is 15.6.